The third kappa shape index (κ3) is 3.42. The number of carbonyl (C=O) groups is 1. The fraction of sp³-hybridized carbons (Fsp3) is 0.357. The summed E-state index contributed by atoms with van der Waals surface area (Å²) in [5, 5.41) is 0. The number of benzene rings is 1. The minimum absolute atomic E-state index is 0.0632. The Morgan fingerprint density at radius 2 is 2.14 bits per heavy atom. The highest BCUT2D eigenvalue weighted by molar-refractivity contribution is 7.89. The van der Waals surface area contributed by atoms with Crippen molar-refractivity contribution in [1.29, 1.82) is 0 Å². The molecule has 1 unspecified atom stereocenters. The molecule has 0 radical (unpaired) electrons. The highest BCUT2D eigenvalue weighted by Gasteiger charge is 2.33. The van der Waals surface area contributed by atoms with Gasteiger partial charge in [-0.2, -0.15) is 4.72 Å². The van der Waals surface area contributed by atoms with Gasteiger partial charge in [-0.15, -0.1) is 0 Å². The molecule has 0 aliphatic carbocycles. The molecule has 6 nitrogen and oxygen atoms in total. The Balaban J connectivity index is 2.30. The van der Waals surface area contributed by atoms with Gasteiger partial charge in [0.2, 0.25) is 15.9 Å². The van der Waals surface area contributed by atoms with Crippen LogP contribution in [0.3, 0.4) is 0 Å². The third-order valence-corrected chi connectivity index (χ3v) is 4.76. The van der Waals surface area contributed by atoms with E-state index in [9.17, 15) is 13.2 Å². The van der Waals surface area contributed by atoms with Gasteiger partial charge in [-0.05, 0) is 18.6 Å². The van der Waals surface area contributed by atoms with Crippen molar-refractivity contribution in [2.45, 2.75) is 17.4 Å². The van der Waals surface area contributed by atoms with Crippen LogP contribution in [0, 0.1) is 11.8 Å². The number of nitrogens with two attached hydrogens (primary N) is 1. The molecule has 1 amide bonds. The molecule has 0 bridgehead atoms. The minimum atomic E-state index is -3.80. The Labute approximate surface area is 124 Å². The molecule has 3 N–H and O–H groups in total. The lowest BCUT2D eigenvalue weighted by Gasteiger charge is -2.13. The van der Waals surface area contributed by atoms with Crippen molar-refractivity contribution < 1.29 is 13.2 Å². The molecular formula is C14H17N3O3S. The van der Waals surface area contributed by atoms with E-state index >= 15 is 0 Å². The first-order valence-electron chi connectivity index (χ1n) is 6.51. The Kier molecular flexibility index (Phi) is 4.63. The molecule has 0 spiro atoms. The van der Waals surface area contributed by atoms with Gasteiger partial charge in [0.25, 0.3) is 0 Å². The number of carbonyl (C=O) groups excluding carboxylic acids is 1. The lowest BCUT2D eigenvalue weighted by molar-refractivity contribution is -0.127. The highest BCUT2D eigenvalue weighted by Crippen LogP contribution is 2.17. The van der Waals surface area contributed by atoms with E-state index in [-0.39, 0.29) is 17.3 Å². The van der Waals surface area contributed by atoms with Crippen LogP contribution in [-0.2, 0) is 14.8 Å². The second-order valence-electron chi connectivity index (χ2n) is 4.72. The van der Waals surface area contributed by atoms with E-state index in [0.717, 1.165) is 0 Å². The van der Waals surface area contributed by atoms with Crippen molar-refractivity contribution >= 4 is 15.9 Å². The van der Waals surface area contributed by atoms with Gasteiger partial charge in [0, 0.05) is 19.2 Å². The number of amides is 1. The van der Waals surface area contributed by atoms with Crippen LogP contribution in [0.4, 0.5) is 0 Å². The number of likely N-dealkylation sites (N-methyl/N-ethyl adjacent to an activating group) is 1. The Morgan fingerprint density at radius 1 is 1.43 bits per heavy atom. The number of hydrogen-bond acceptors (Lipinski definition) is 4. The van der Waals surface area contributed by atoms with E-state index in [0.29, 0.717) is 18.5 Å². The molecule has 1 aliphatic heterocycles. The number of nitrogens with one attached hydrogen (secondary N) is 1. The summed E-state index contributed by atoms with van der Waals surface area (Å²) in [4.78, 5) is 13.4. The molecule has 21 heavy (non-hydrogen) atoms. The Hall–Kier alpha value is -1.88. The van der Waals surface area contributed by atoms with Crippen molar-refractivity contribution in [3.63, 3.8) is 0 Å². The summed E-state index contributed by atoms with van der Waals surface area (Å²) >= 11 is 0. The lowest BCUT2D eigenvalue weighted by atomic mass is 10.2. The van der Waals surface area contributed by atoms with Crippen LogP contribution in [0.1, 0.15) is 12.0 Å². The zero-order valence-electron chi connectivity index (χ0n) is 11.7. The molecule has 1 atom stereocenters. The van der Waals surface area contributed by atoms with Gasteiger partial charge in [-0.1, -0.05) is 24.0 Å². The second kappa shape index (κ2) is 6.26. The first kappa shape index (κ1) is 15.5. The summed E-state index contributed by atoms with van der Waals surface area (Å²) in [6, 6.07) is 5.68. The van der Waals surface area contributed by atoms with Gasteiger partial charge in [-0.25, -0.2) is 8.42 Å². The predicted octanol–water partition coefficient (Wildman–Crippen LogP) is -0.494. The average Bonchev–Trinajstić information content (AvgIpc) is 2.77. The van der Waals surface area contributed by atoms with Gasteiger partial charge >= 0.3 is 0 Å². The zero-order chi connectivity index (χ0) is 15.5. The van der Waals surface area contributed by atoms with Crippen LogP contribution >= 0.6 is 0 Å². The topological polar surface area (TPSA) is 92.5 Å². The Bertz CT molecular complexity index is 704. The first-order chi connectivity index (χ1) is 9.95. The van der Waals surface area contributed by atoms with Crippen molar-refractivity contribution in [2.24, 2.45) is 5.73 Å². The van der Waals surface area contributed by atoms with E-state index in [1.165, 1.54) is 11.0 Å². The summed E-state index contributed by atoms with van der Waals surface area (Å²) < 4.78 is 27.3. The standard InChI is InChI=1S/C14H17N3O3S/c1-17-10-8-12(14(17)18)16-21(19,20)13-7-3-2-5-11(13)6-4-9-15/h2-3,5,7,12,16H,8-10,15H2,1H3. The van der Waals surface area contributed by atoms with Crippen LogP contribution < -0.4 is 10.5 Å². The average molecular weight is 307 g/mol. The van der Waals surface area contributed by atoms with Gasteiger partial charge in [0.1, 0.15) is 6.04 Å². The first-order valence-corrected chi connectivity index (χ1v) is 7.99. The monoisotopic (exact) mass is 307 g/mol. The molecule has 1 fully saturated rings. The highest BCUT2D eigenvalue weighted by atomic mass is 32.2. The van der Waals surface area contributed by atoms with E-state index in [2.05, 4.69) is 16.6 Å². The zero-order valence-corrected chi connectivity index (χ0v) is 12.5. The van der Waals surface area contributed by atoms with Crippen molar-refractivity contribution in [3.05, 3.63) is 29.8 Å². The molecule has 7 heteroatoms. The molecule has 0 aromatic heterocycles. The quantitative estimate of drug-likeness (QED) is 0.737. The second-order valence-corrected chi connectivity index (χ2v) is 6.41. The van der Waals surface area contributed by atoms with Crippen LogP contribution in [0.2, 0.25) is 0 Å². The van der Waals surface area contributed by atoms with Gasteiger partial charge in [-0.3, -0.25) is 4.79 Å². The van der Waals surface area contributed by atoms with Crippen LogP contribution in [0.5, 0.6) is 0 Å². The number of rotatable bonds is 3. The smallest absolute Gasteiger partial charge is 0.242 e. The van der Waals surface area contributed by atoms with Gasteiger partial charge in [0.05, 0.1) is 11.4 Å². The maximum absolute atomic E-state index is 12.4. The maximum Gasteiger partial charge on any atom is 0.242 e. The SMILES string of the molecule is CN1CCC(NS(=O)(=O)c2ccccc2C#CCN)C1=O. The number of sulfonamides is 1. The van der Waals surface area contributed by atoms with Gasteiger partial charge in [0.15, 0.2) is 0 Å². The van der Waals surface area contributed by atoms with E-state index < -0.39 is 16.1 Å². The number of nitrogens with zero attached hydrogens (tertiary/aromatic N) is 1. The molecule has 1 saturated heterocycles. The molecule has 1 heterocycles. The minimum Gasteiger partial charge on any atom is -0.344 e. The van der Waals surface area contributed by atoms with Crippen LogP contribution in [0.15, 0.2) is 29.2 Å². The molecule has 0 saturated carbocycles. The summed E-state index contributed by atoms with van der Waals surface area (Å²) in [6.45, 7) is 0.689. The summed E-state index contributed by atoms with van der Waals surface area (Å²) in [7, 11) is -2.15. The fourth-order valence-corrected chi connectivity index (χ4v) is 3.52. The van der Waals surface area contributed by atoms with E-state index in [1.54, 1.807) is 25.2 Å². The maximum atomic E-state index is 12.4. The molecular weight excluding hydrogens is 290 g/mol. The van der Waals surface area contributed by atoms with Crippen LogP contribution in [0.25, 0.3) is 0 Å². The molecule has 1 aromatic rings. The van der Waals surface area contributed by atoms with E-state index in [4.69, 9.17) is 5.73 Å². The summed E-state index contributed by atoms with van der Waals surface area (Å²) in [5.74, 6) is 5.15. The normalized spacial score (nSPS) is 18.5. The lowest BCUT2D eigenvalue weighted by Crippen LogP contribution is -2.40. The van der Waals surface area contributed by atoms with E-state index in [1.807, 2.05) is 0 Å². The van der Waals surface area contributed by atoms with Crippen molar-refractivity contribution in [2.75, 3.05) is 20.1 Å². The number of likely N-dealkylation sites (tertiary alicyclic amines) is 1. The fourth-order valence-electron chi connectivity index (χ4n) is 2.13. The van der Waals surface area contributed by atoms with Crippen molar-refractivity contribution in [1.82, 2.24) is 9.62 Å². The third-order valence-electron chi connectivity index (χ3n) is 3.23. The molecule has 2 rings (SSSR count). The molecule has 112 valence electrons. The number of hydrogen-bond donors (Lipinski definition) is 2. The predicted molar refractivity (Wildman–Crippen MR) is 78.7 cm³/mol. The van der Waals surface area contributed by atoms with Crippen LogP contribution in [-0.4, -0.2) is 45.4 Å². The van der Waals surface area contributed by atoms with Gasteiger partial charge < -0.3 is 10.6 Å². The Morgan fingerprint density at radius 3 is 2.76 bits per heavy atom. The summed E-state index contributed by atoms with van der Waals surface area (Å²) in [5.41, 5.74) is 5.68. The largest absolute Gasteiger partial charge is 0.344 e. The molecule has 1 aliphatic rings. The van der Waals surface area contributed by atoms with Crippen molar-refractivity contribution in [3.8, 4) is 11.8 Å². The molecule has 1 aromatic carbocycles. The summed E-state index contributed by atoms with van der Waals surface area (Å²) in [6.07, 6.45) is 0.464.